The third-order valence-electron chi connectivity index (χ3n) is 2.43. The van der Waals surface area contributed by atoms with Crippen LogP contribution in [-0.2, 0) is 0 Å². The molecule has 19 heavy (non-hydrogen) atoms. The monoisotopic (exact) mass is 324 g/mol. The summed E-state index contributed by atoms with van der Waals surface area (Å²) in [5.74, 6) is 0.663. The normalized spacial score (nSPS) is 10.4. The summed E-state index contributed by atoms with van der Waals surface area (Å²) in [6.07, 6.45) is 0.915. The number of aromatic hydroxyl groups is 1. The summed E-state index contributed by atoms with van der Waals surface area (Å²) in [7, 11) is 0. The summed E-state index contributed by atoms with van der Waals surface area (Å²) in [4.78, 5) is 18.1. The molecule has 6 heteroatoms. The minimum absolute atomic E-state index is 0.0228. The predicted molar refractivity (Wildman–Crippen MR) is 75.4 cm³/mol. The number of nitrogens with zero attached hydrogens (tertiary/aromatic N) is 1. The number of benzene rings is 1. The molecular formula is C13H13BrN2O3. The minimum Gasteiger partial charge on any atom is -0.494 e. The van der Waals surface area contributed by atoms with Gasteiger partial charge in [-0.1, -0.05) is 19.1 Å². The van der Waals surface area contributed by atoms with Gasteiger partial charge in [-0.05, 0) is 34.5 Å². The zero-order valence-electron chi connectivity index (χ0n) is 10.3. The van der Waals surface area contributed by atoms with Crippen LogP contribution in [-0.4, -0.2) is 21.7 Å². The maximum Gasteiger partial charge on any atom is 0.269 e. The molecule has 0 aliphatic rings. The molecule has 2 aromatic rings. The quantitative estimate of drug-likeness (QED) is 0.906. The second-order valence-electron chi connectivity index (χ2n) is 3.93. The van der Waals surface area contributed by atoms with Gasteiger partial charge in [-0.25, -0.2) is 0 Å². The highest BCUT2D eigenvalue weighted by molar-refractivity contribution is 9.10. The van der Waals surface area contributed by atoms with Gasteiger partial charge in [0.05, 0.1) is 6.61 Å². The van der Waals surface area contributed by atoms with Crippen molar-refractivity contribution in [2.24, 2.45) is 0 Å². The Morgan fingerprint density at radius 3 is 2.95 bits per heavy atom. The van der Waals surface area contributed by atoms with Gasteiger partial charge in [-0.15, -0.1) is 0 Å². The predicted octanol–water partition coefficient (Wildman–Crippen LogP) is 2.69. The average molecular weight is 325 g/mol. The number of ether oxygens (including phenoxy) is 1. The van der Waals surface area contributed by atoms with Gasteiger partial charge in [0.2, 0.25) is 5.88 Å². The molecule has 5 nitrogen and oxygen atoms in total. The molecule has 0 spiro atoms. The lowest BCUT2D eigenvalue weighted by Gasteiger charge is -2.07. The van der Waals surface area contributed by atoms with E-state index in [0.29, 0.717) is 23.7 Å². The Morgan fingerprint density at radius 2 is 2.26 bits per heavy atom. The van der Waals surface area contributed by atoms with Gasteiger partial charge >= 0.3 is 0 Å². The van der Waals surface area contributed by atoms with Crippen LogP contribution in [0.25, 0.3) is 11.4 Å². The second kappa shape index (κ2) is 5.88. The molecule has 0 unspecified atom stereocenters. The van der Waals surface area contributed by atoms with E-state index in [9.17, 15) is 9.90 Å². The molecule has 0 aliphatic heterocycles. The van der Waals surface area contributed by atoms with Crippen molar-refractivity contribution in [3.63, 3.8) is 0 Å². The van der Waals surface area contributed by atoms with Gasteiger partial charge in [-0.3, -0.25) is 4.79 Å². The highest BCUT2D eigenvalue weighted by Gasteiger charge is 2.09. The van der Waals surface area contributed by atoms with E-state index in [0.717, 1.165) is 6.42 Å². The van der Waals surface area contributed by atoms with Gasteiger partial charge < -0.3 is 14.8 Å². The maximum absolute atomic E-state index is 11.6. The van der Waals surface area contributed by atoms with Crippen molar-refractivity contribution >= 4 is 15.9 Å². The Bertz CT molecular complexity index is 640. The third-order valence-corrected chi connectivity index (χ3v) is 3.14. The van der Waals surface area contributed by atoms with Crippen molar-refractivity contribution in [1.29, 1.82) is 0 Å². The summed E-state index contributed by atoms with van der Waals surface area (Å²) in [6.45, 7) is 2.65. The van der Waals surface area contributed by atoms with Gasteiger partial charge in [-0.2, -0.15) is 4.98 Å². The Morgan fingerprint density at radius 1 is 1.47 bits per heavy atom. The summed E-state index contributed by atoms with van der Waals surface area (Å²) < 4.78 is 5.53. The van der Waals surface area contributed by atoms with Crippen LogP contribution in [0.1, 0.15) is 13.3 Å². The summed E-state index contributed by atoms with van der Waals surface area (Å²) >= 11 is 2.95. The van der Waals surface area contributed by atoms with E-state index < -0.39 is 5.56 Å². The molecule has 2 N–H and O–H groups in total. The zero-order valence-corrected chi connectivity index (χ0v) is 11.9. The van der Waals surface area contributed by atoms with Crippen LogP contribution in [0.3, 0.4) is 0 Å². The maximum atomic E-state index is 11.6. The number of rotatable bonds is 4. The fourth-order valence-corrected chi connectivity index (χ4v) is 1.72. The van der Waals surface area contributed by atoms with E-state index >= 15 is 0 Å². The Balaban J connectivity index is 2.39. The summed E-state index contributed by atoms with van der Waals surface area (Å²) in [5, 5.41) is 9.54. The van der Waals surface area contributed by atoms with Crippen LogP contribution in [0.15, 0.2) is 33.5 Å². The van der Waals surface area contributed by atoms with Crippen molar-refractivity contribution in [2.75, 3.05) is 6.61 Å². The van der Waals surface area contributed by atoms with Gasteiger partial charge in [0.1, 0.15) is 16.0 Å². The molecule has 1 heterocycles. The first-order valence-electron chi connectivity index (χ1n) is 5.84. The van der Waals surface area contributed by atoms with Gasteiger partial charge in [0.25, 0.3) is 5.56 Å². The lowest BCUT2D eigenvalue weighted by Crippen LogP contribution is -2.09. The van der Waals surface area contributed by atoms with Gasteiger partial charge in [0.15, 0.2) is 0 Å². The number of nitrogens with one attached hydrogen (secondary N) is 1. The number of aromatic amines is 1. The molecule has 100 valence electrons. The Hall–Kier alpha value is -1.82. The fraction of sp³-hybridized carbons (Fsp3) is 0.231. The molecule has 0 atom stereocenters. The lowest BCUT2D eigenvalue weighted by molar-refractivity contribution is 0.317. The Kier molecular flexibility index (Phi) is 4.21. The lowest BCUT2D eigenvalue weighted by atomic mass is 10.2. The number of aromatic nitrogens is 2. The minimum atomic E-state index is -0.428. The molecular weight excluding hydrogens is 312 g/mol. The van der Waals surface area contributed by atoms with Gasteiger partial charge in [0, 0.05) is 5.56 Å². The topological polar surface area (TPSA) is 75.2 Å². The first kappa shape index (κ1) is 13.6. The summed E-state index contributed by atoms with van der Waals surface area (Å²) in [5.41, 5.74) is 0.246. The van der Waals surface area contributed by atoms with Crippen molar-refractivity contribution in [1.82, 2.24) is 9.97 Å². The number of hydrogen-bond acceptors (Lipinski definition) is 4. The van der Waals surface area contributed by atoms with Crippen LogP contribution in [0, 0.1) is 0 Å². The first-order chi connectivity index (χ1) is 9.11. The highest BCUT2D eigenvalue weighted by Crippen LogP contribution is 2.23. The molecule has 2 rings (SSSR count). The largest absolute Gasteiger partial charge is 0.494 e. The molecule has 0 aliphatic carbocycles. The molecule has 0 radical (unpaired) electrons. The molecule has 1 aromatic carbocycles. The third kappa shape index (κ3) is 3.14. The second-order valence-corrected chi connectivity index (χ2v) is 4.72. The SMILES string of the molecule is CCCOc1cccc(-c2nc(O)c(Br)c(=O)[nH]2)c1. The molecule has 0 fully saturated rings. The van der Waals surface area contributed by atoms with Crippen LogP contribution < -0.4 is 10.3 Å². The number of halogens is 1. The molecule has 1 aromatic heterocycles. The fourth-order valence-electron chi connectivity index (χ4n) is 1.54. The van der Waals surface area contributed by atoms with E-state index in [2.05, 4.69) is 25.9 Å². The van der Waals surface area contributed by atoms with Crippen LogP contribution in [0.5, 0.6) is 11.6 Å². The van der Waals surface area contributed by atoms with E-state index in [1.807, 2.05) is 13.0 Å². The zero-order chi connectivity index (χ0) is 13.8. The highest BCUT2D eigenvalue weighted by atomic mass is 79.9. The first-order valence-corrected chi connectivity index (χ1v) is 6.63. The van der Waals surface area contributed by atoms with Crippen LogP contribution in [0.4, 0.5) is 0 Å². The van der Waals surface area contributed by atoms with Crippen LogP contribution >= 0.6 is 15.9 Å². The van der Waals surface area contributed by atoms with E-state index in [1.165, 1.54) is 0 Å². The summed E-state index contributed by atoms with van der Waals surface area (Å²) in [6, 6.07) is 7.18. The smallest absolute Gasteiger partial charge is 0.269 e. The van der Waals surface area contributed by atoms with Crippen molar-refractivity contribution < 1.29 is 9.84 Å². The number of H-pyrrole nitrogens is 1. The van der Waals surface area contributed by atoms with Crippen LogP contribution in [0.2, 0.25) is 0 Å². The molecule has 0 saturated heterocycles. The standard InChI is InChI=1S/C13H13BrN2O3/c1-2-6-19-9-5-3-4-8(7-9)11-15-12(17)10(14)13(18)16-11/h3-5,7H,2,6H2,1H3,(H2,15,16,17,18). The van der Waals surface area contributed by atoms with E-state index in [1.54, 1.807) is 18.2 Å². The van der Waals surface area contributed by atoms with Crippen molar-refractivity contribution in [3.8, 4) is 23.0 Å². The average Bonchev–Trinajstić information content (AvgIpc) is 2.42. The molecule has 0 amide bonds. The molecule has 0 bridgehead atoms. The Labute approximate surface area is 118 Å². The van der Waals surface area contributed by atoms with E-state index in [-0.39, 0.29) is 10.4 Å². The van der Waals surface area contributed by atoms with E-state index in [4.69, 9.17) is 4.74 Å². The molecule has 0 saturated carbocycles. The number of hydrogen-bond donors (Lipinski definition) is 2. The van der Waals surface area contributed by atoms with Crippen molar-refractivity contribution in [2.45, 2.75) is 13.3 Å². The van der Waals surface area contributed by atoms with Crippen molar-refractivity contribution in [3.05, 3.63) is 39.1 Å².